The Labute approximate surface area is 118 Å². The number of hydrogen-bond acceptors (Lipinski definition) is 4. The number of amides is 1. The highest BCUT2D eigenvalue weighted by Gasteiger charge is 2.52. The third kappa shape index (κ3) is 2.35. The molecule has 2 rings (SSSR count). The van der Waals surface area contributed by atoms with E-state index in [0.29, 0.717) is 0 Å². The van der Waals surface area contributed by atoms with Gasteiger partial charge in [-0.1, -0.05) is 12.1 Å². The Balaban J connectivity index is 2.42. The Morgan fingerprint density at radius 1 is 1.20 bits per heavy atom. The molecule has 1 aromatic carbocycles. The zero-order valence-corrected chi connectivity index (χ0v) is 12.1. The SMILES string of the molecule is COC(=O)[C@@H]1C(=O)NC(C)(C)[C@H]1c1ccc(OC)cc1. The van der Waals surface area contributed by atoms with Gasteiger partial charge in [-0.3, -0.25) is 9.59 Å². The normalized spacial score (nSPS) is 24.1. The third-order valence-electron chi connectivity index (χ3n) is 3.77. The fourth-order valence-corrected chi connectivity index (χ4v) is 2.83. The Hall–Kier alpha value is -2.04. The molecule has 1 aromatic rings. The summed E-state index contributed by atoms with van der Waals surface area (Å²) in [6.07, 6.45) is 0. The van der Waals surface area contributed by atoms with Gasteiger partial charge >= 0.3 is 5.97 Å². The molecule has 0 unspecified atom stereocenters. The van der Waals surface area contributed by atoms with E-state index in [9.17, 15) is 9.59 Å². The van der Waals surface area contributed by atoms with E-state index >= 15 is 0 Å². The van der Waals surface area contributed by atoms with Gasteiger partial charge in [-0.25, -0.2) is 0 Å². The van der Waals surface area contributed by atoms with Crippen LogP contribution in [0, 0.1) is 5.92 Å². The van der Waals surface area contributed by atoms with Crippen molar-refractivity contribution >= 4 is 11.9 Å². The van der Waals surface area contributed by atoms with Gasteiger partial charge in [0.2, 0.25) is 5.91 Å². The van der Waals surface area contributed by atoms with Gasteiger partial charge in [-0.15, -0.1) is 0 Å². The zero-order valence-electron chi connectivity index (χ0n) is 12.1. The number of methoxy groups -OCH3 is 2. The zero-order chi connectivity index (χ0) is 14.9. The van der Waals surface area contributed by atoms with Gasteiger partial charge in [0.25, 0.3) is 0 Å². The Morgan fingerprint density at radius 3 is 2.30 bits per heavy atom. The predicted octanol–water partition coefficient (Wildman–Crippen LogP) is 1.48. The van der Waals surface area contributed by atoms with Gasteiger partial charge in [-0.05, 0) is 31.5 Å². The number of ether oxygens (including phenoxy) is 2. The first-order chi connectivity index (χ1) is 9.40. The molecular weight excluding hydrogens is 258 g/mol. The van der Waals surface area contributed by atoms with Crippen LogP contribution in [-0.4, -0.2) is 31.6 Å². The van der Waals surface area contributed by atoms with Crippen molar-refractivity contribution in [1.29, 1.82) is 0 Å². The molecule has 1 fully saturated rings. The number of esters is 1. The minimum absolute atomic E-state index is 0.270. The number of nitrogens with one attached hydrogen (secondary N) is 1. The number of benzene rings is 1. The third-order valence-corrected chi connectivity index (χ3v) is 3.77. The number of hydrogen-bond donors (Lipinski definition) is 1. The average molecular weight is 277 g/mol. The molecule has 1 amide bonds. The molecule has 0 spiro atoms. The van der Waals surface area contributed by atoms with Crippen LogP contribution in [0.3, 0.4) is 0 Å². The first kappa shape index (κ1) is 14.4. The van der Waals surface area contributed by atoms with E-state index in [1.165, 1.54) is 7.11 Å². The van der Waals surface area contributed by atoms with E-state index in [0.717, 1.165) is 11.3 Å². The molecule has 2 atom stereocenters. The molecule has 1 N–H and O–H groups in total. The number of rotatable bonds is 3. The van der Waals surface area contributed by atoms with Crippen LogP contribution in [0.1, 0.15) is 25.3 Å². The lowest BCUT2D eigenvalue weighted by molar-refractivity contribution is -0.149. The number of carbonyl (C=O) groups is 2. The predicted molar refractivity (Wildman–Crippen MR) is 73.5 cm³/mol. The van der Waals surface area contributed by atoms with Gasteiger partial charge in [0.15, 0.2) is 0 Å². The molecule has 0 aliphatic carbocycles. The molecule has 0 aromatic heterocycles. The summed E-state index contributed by atoms with van der Waals surface area (Å²) in [7, 11) is 2.89. The largest absolute Gasteiger partial charge is 0.497 e. The van der Waals surface area contributed by atoms with E-state index in [-0.39, 0.29) is 11.8 Å². The van der Waals surface area contributed by atoms with Gasteiger partial charge in [0.05, 0.1) is 14.2 Å². The quantitative estimate of drug-likeness (QED) is 0.671. The van der Waals surface area contributed by atoms with E-state index in [4.69, 9.17) is 9.47 Å². The molecule has 0 radical (unpaired) electrons. The number of carbonyl (C=O) groups excluding carboxylic acids is 2. The highest BCUT2D eigenvalue weighted by molar-refractivity contribution is 6.01. The second kappa shape index (κ2) is 5.15. The summed E-state index contributed by atoms with van der Waals surface area (Å²) in [5, 5.41) is 2.86. The van der Waals surface area contributed by atoms with Gasteiger partial charge in [-0.2, -0.15) is 0 Å². The van der Waals surface area contributed by atoms with Crippen LogP contribution in [-0.2, 0) is 14.3 Å². The summed E-state index contributed by atoms with van der Waals surface area (Å²) in [5.74, 6) is -1.15. The molecule has 5 heteroatoms. The lowest BCUT2D eigenvalue weighted by Crippen LogP contribution is -2.38. The van der Waals surface area contributed by atoms with E-state index in [1.807, 2.05) is 38.1 Å². The minimum Gasteiger partial charge on any atom is -0.497 e. The molecule has 0 bridgehead atoms. The fourth-order valence-electron chi connectivity index (χ4n) is 2.83. The van der Waals surface area contributed by atoms with Crippen LogP contribution >= 0.6 is 0 Å². The summed E-state index contributed by atoms with van der Waals surface area (Å²) in [6, 6.07) is 7.40. The van der Waals surface area contributed by atoms with E-state index in [2.05, 4.69) is 5.32 Å². The highest BCUT2D eigenvalue weighted by Crippen LogP contribution is 2.41. The second-order valence-electron chi connectivity index (χ2n) is 5.46. The van der Waals surface area contributed by atoms with Crippen LogP contribution in [0.15, 0.2) is 24.3 Å². The summed E-state index contributed by atoms with van der Waals surface area (Å²) in [5.41, 5.74) is 0.398. The molecule has 1 heterocycles. The van der Waals surface area contributed by atoms with Crippen molar-refractivity contribution < 1.29 is 19.1 Å². The lowest BCUT2D eigenvalue weighted by Gasteiger charge is -2.28. The first-order valence-corrected chi connectivity index (χ1v) is 6.44. The molecular formula is C15H19NO4. The van der Waals surface area contributed by atoms with Crippen molar-refractivity contribution in [3.8, 4) is 5.75 Å². The Kier molecular flexibility index (Phi) is 3.70. The van der Waals surface area contributed by atoms with Crippen molar-refractivity contribution in [2.45, 2.75) is 25.3 Å². The molecule has 20 heavy (non-hydrogen) atoms. The second-order valence-corrected chi connectivity index (χ2v) is 5.46. The molecule has 108 valence electrons. The lowest BCUT2D eigenvalue weighted by atomic mass is 9.77. The fraction of sp³-hybridized carbons (Fsp3) is 0.467. The van der Waals surface area contributed by atoms with Crippen molar-refractivity contribution in [1.82, 2.24) is 5.32 Å². The Bertz CT molecular complexity index is 521. The van der Waals surface area contributed by atoms with E-state index in [1.54, 1.807) is 7.11 Å². The molecule has 5 nitrogen and oxygen atoms in total. The van der Waals surface area contributed by atoms with Crippen LogP contribution in [0.4, 0.5) is 0 Å². The van der Waals surface area contributed by atoms with E-state index < -0.39 is 17.4 Å². The van der Waals surface area contributed by atoms with Crippen molar-refractivity contribution in [2.75, 3.05) is 14.2 Å². The standard InChI is InChI=1S/C15H19NO4/c1-15(2)12(9-5-7-10(19-3)8-6-9)11(13(17)16-15)14(18)20-4/h5-8,11-12H,1-4H3,(H,16,17)/t11-,12-/m0/s1. The van der Waals surface area contributed by atoms with Crippen LogP contribution in [0.25, 0.3) is 0 Å². The molecule has 1 aliphatic heterocycles. The topological polar surface area (TPSA) is 64.6 Å². The van der Waals surface area contributed by atoms with Crippen LogP contribution in [0.2, 0.25) is 0 Å². The maximum atomic E-state index is 12.1. The van der Waals surface area contributed by atoms with Crippen molar-refractivity contribution in [3.05, 3.63) is 29.8 Å². The van der Waals surface area contributed by atoms with Crippen LogP contribution in [0.5, 0.6) is 5.75 Å². The highest BCUT2D eigenvalue weighted by atomic mass is 16.5. The van der Waals surface area contributed by atoms with Gasteiger partial charge < -0.3 is 14.8 Å². The molecule has 1 saturated heterocycles. The Morgan fingerprint density at radius 2 is 1.80 bits per heavy atom. The van der Waals surface area contributed by atoms with Crippen molar-refractivity contribution in [2.24, 2.45) is 5.92 Å². The van der Waals surface area contributed by atoms with Crippen LogP contribution < -0.4 is 10.1 Å². The summed E-state index contributed by atoms with van der Waals surface area (Å²) in [6.45, 7) is 3.81. The maximum absolute atomic E-state index is 12.1. The summed E-state index contributed by atoms with van der Waals surface area (Å²) in [4.78, 5) is 24.0. The van der Waals surface area contributed by atoms with Crippen molar-refractivity contribution in [3.63, 3.8) is 0 Å². The molecule has 1 aliphatic rings. The first-order valence-electron chi connectivity index (χ1n) is 6.44. The van der Waals surface area contributed by atoms with Gasteiger partial charge in [0, 0.05) is 11.5 Å². The smallest absolute Gasteiger partial charge is 0.318 e. The average Bonchev–Trinajstić information content (AvgIpc) is 2.67. The maximum Gasteiger partial charge on any atom is 0.318 e. The summed E-state index contributed by atoms with van der Waals surface area (Å²) < 4.78 is 9.90. The summed E-state index contributed by atoms with van der Waals surface area (Å²) >= 11 is 0. The van der Waals surface area contributed by atoms with Gasteiger partial charge in [0.1, 0.15) is 11.7 Å². The molecule has 0 saturated carbocycles. The minimum atomic E-state index is -0.816. The monoisotopic (exact) mass is 277 g/mol.